The Morgan fingerprint density at radius 1 is 1.25 bits per heavy atom. The van der Waals surface area contributed by atoms with E-state index in [2.05, 4.69) is 11.4 Å². The maximum atomic E-state index is 13.0. The van der Waals surface area contributed by atoms with Crippen LogP contribution < -0.4 is 10.2 Å². The molecular weight excluding hydrogens is 322 g/mol. The molecule has 0 radical (unpaired) electrons. The number of hydrogen-bond acceptors (Lipinski definition) is 4. The summed E-state index contributed by atoms with van der Waals surface area (Å²) in [6.45, 7) is 2.66. The smallest absolute Gasteiger partial charge is 0.258 e. The minimum atomic E-state index is 0.0788. The first-order valence-corrected chi connectivity index (χ1v) is 9.73. The molecule has 128 valence electrons. The lowest BCUT2D eigenvalue weighted by atomic mass is 9.85. The number of piperazine rings is 1. The van der Waals surface area contributed by atoms with E-state index in [1.807, 2.05) is 16.3 Å². The van der Waals surface area contributed by atoms with E-state index in [0.29, 0.717) is 24.6 Å². The first kappa shape index (κ1) is 15.8. The normalized spacial score (nSPS) is 24.6. The Morgan fingerprint density at radius 3 is 3.00 bits per heavy atom. The van der Waals surface area contributed by atoms with Crippen LogP contribution in [-0.2, 0) is 4.79 Å². The van der Waals surface area contributed by atoms with Crippen LogP contribution in [0.15, 0.2) is 23.2 Å². The Hall–Kier alpha value is -1.66. The second-order valence-corrected chi connectivity index (χ2v) is 7.64. The molecule has 1 N–H and O–H groups in total. The Morgan fingerprint density at radius 2 is 2.12 bits per heavy atom. The lowest BCUT2D eigenvalue weighted by molar-refractivity contribution is -0.118. The molecule has 1 unspecified atom stereocenters. The Balaban J connectivity index is 1.54. The fourth-order valence-corrected chi connectivity index (χ4v) is 4.90. The molecule has 1 aromatic heterocycles. The minimum Gasteiger partial charge on any atom is -0.312 e. The van der Waals surface area contributed by atoms with E-state index in [9.17, 15) is 9.59 Å². The van der Waals surface area contributed by atoms with Crippen molar-refractivity contribution in [3.8, 4) is 0 Å². The number of nitrogens with zero attached hydrogens (tertiary/aromatic N) is 2. The molecule has 6 heteroatoms. The van der Waals surface area contributed by atoms with Gasteiger partial charge in [-0.1, -0.05) is 6.08 Å². The van der Waals surface area contributed by atoms with E-state index in [1.54, 1.807) is 4.90 Å². The lowest BCUT2D eigenvalue weighted by Gasteiger charge is -2.37. The molecule has 5 nitrogen and oxygen atoms in total. The molecule has 2 aliphatic heterocycles. The number of rotatable bonds is 2. The van der Waals surface area contributed by atoms with Gasteiger partial charge < -0.3 is 15.1 Å². The first-order valence-electron chi connectivity index (χ1n) is 8.85. The van der Waals surface area contributed by atoms with Crippen molar-refractivity contribution >= 4 is 28.2 Å². The zero-order chi connectivity index (χ0) is 16.5. The highest BCUT2D eigenvalue weighted by atomic mass is 32.1. The van der Waals surface area contributed by atoms with Crippen LogP contribution >= 0.6 is 11.3 Å². The van der Waals surface area contributed by atoms with Crippen molar-refractivity contribution in [2.45, 2.75) is 32.1 Å². The second kappa shape index (κ2) is 6.69. The highest BCUT2D eigenvalue weighted by Crippen LogP contribution is 2.36. The van der Waals surface area contributed by atoms with Gasteiger partial charge in [0.15, 0.2) is 0 Å². The first-order chi connectivity index (χ1) is 11.7. The van der Waals surface area contributed by atoms with Gasteiger partial charge in [0.25, 0.3) is 5.91 Å². The lowest BCUT2D eigenvalue weighted by Crippen LogP contribution is -2.47. The molecule has 24 heavy (non-hydrogen) atoms. The number of carbonyl (C=O) groups is 2. The highest BCUT2D eigenvalue weighted by Gasteiger charge is 2.31. The van der Waals surface area contributed by atoms with Gasteiger partial charge in [-0.15, -0.1) is 11.3 Å². The quantitative estimate of drug-likeness (QED) is 0.896. The van der Waals surface area contributed by atoms with Crippen LogP contribution in [0.2, 0.25) is 0 Å². The number of piperidine rings is 1. The Labute approximate surface area is 146 Å². The number of hydrogen-bond donors (Lipinski definition) is 1. The van der Waals surface area contributed by atoms with Gasteiger partial charge in [0, 0.05) is 30.7 Å². The average molecular weight is 345 g/mol. The molecule has 1 atom stereocenters. The van der Waals surface area contributed by atoms with Crippen LogP contribution in [-0.4, -0.2) is 42.9 Å². The minimum absolute atomic E-state index is 0.0788. The third-order valence-electron chi connectivity index (χ3n) is 5.21. The van der Waals surface area contributed by atoms with E-state index in [-0.39, 0.29) is 11.8 Å². The van der Waals surface area contributed by atoms with E-state index >= 15 is 0 Å². The molecule has 1 aliphatic carbocycles. The number of likely N-dealkylation sites (tertiary alicyclic amines) is 1. The van der Waals surface area contributed by atoms with Crippen LogP contribution in [0.1, 0.15) is 42.5 Å². The molecule has 3 aliphatic rings. The van der Waals surface area contributed by atoms with Gasteiger partial charge in [-0.25, -0.2) is 0 Å². The summed E-state index contributed by atoms with van der Waals surface area (Å²) in [7, 11) is 0. The van der Waals surface area contributed by atoms with Gasteiger partial charge in [-0.3, -0.25) is 9.59 Å². The fourth-order valence-electron chi connectivity index (χ4n) is 3.97. The van der Waals surface area contributed by atoms with Gasteiger partial charge in [0.2, 0.25) is 5.91 Å². The van der Waals surface area contributed by atoms with Crippen molar-refractivity contribution in [2.24, 2.45) is 5.92 Å². The topological polar surface area (TPSA) is 52.7 Å². The fraction of sp³-hybridized carbons (Fsp3) is 0.556. The Kier molecular flexibility index (Phi) is 4.41. The van der Waals surface area contributed by atoms with Crippen molar-refractivity contribution in [1.29, 1.82) is 0 Å². The SMILES string of the molecule is O=C(c1csc(N2CCNCC2=O)c1)N1CCCC2CCCC=C21. The number of amides is 2. The summed E-state index contributed by atoms with van der Waals surface area (Å²) in [5.74, 6) is 0.734. The van der Waals surface area contributed by atoms with Crippen molar-refractivity contribution < 1.29 is 9.59 Å². The summed E-state index contributed by atoms with van der Waals surface area (Å²) >= 11 is 1.49. The van der Waals surface area contributed by atoms with Crippen molar-refractivity contribution in [3.05, 3.63) is 28.8 Å². The molecule has 0 saturated carbocycles. The van der Waals surface area contributed by atoms with Gasteiger partial charge in [-0.2, -0.15) is 0 Å². The molecule has 4 rings (SSSR count). The maximum absolute atomic E-state index is 13.0. The second-order valence-electron chi connectivity index (χ2n) is 6.75. The van der Waals surface area contributed by atoms with E-state index in [0.717, 1.165) is 30.9 Å². The largest absolute Gasteiger partial charge is 0.312 e. The Bertz CT molecular complexity index is 682. The monoisotopic (exact) mass is 345 g/mol. The molecular formula is C18H23N3O2S. The zero-order valence-electron chi connectivity index (χ0n) is 13.8. The molecule has 3 heterocycles. The molecule has 2 saturated heterocycles. The highest BCUT2D eigenvalue weighted by molar-refractivity contribution is 7.14. The molecule has 2 amide bonds. The number of allylic oxidation sites excluding steroid dienone is 2. The van der Waals surface area contributed by atoms with Crippen LogP contribution in [0.4, 0.5) is 5.00 Å². The predicted molar refractivity (Wildman–Crippen MR) is 95.2 cm³/mol. The number of nitrogens with one attached hydrogen (secondary N) is 1. The summed E-state index contributed by atoms with van der Waals surface area (Å²) in [5, 5.41) is 5.87. The number of fused-ring (bicyclic) bond motifs is 1. The summed E-state index contributed by atoms with van der Waals surface area (Å²) in [5.41, 5.74) is 1.96. The third-order valence-corrected chi connectivity index (χ3v) is 6.16. The molecule has 2 fully saturated rings. The maximum Gasteiger partial charge on any atom is 0.258 e. The molecule has 0 spiro atoms. The van der Waals surface area contributed by atoms with Crippen molar-refractivity contribution in [1.82, 2.24) is 10.2 Å². The summed E-state index contributed by atoms with van der Waals surface area (Å²) in [4.78, 5) is 28.8. The van der Waals surface area contributed by atoms with Crippen molar-refractivity contribution in [2.75, 3.05) is 31.1 Å². The number of thiophene rings is 1. The molecule has 0 bridgehead atoms. The van der Waals surface area contributed by atoms with E-state index in [4.69, 9.17) is 0 Å². The number of anilines is 1. The number of carbonyl (C=O) groups excluding carboxylic acids is 2. The predicted octanol–water partition coefficient (Wildman–Crippen LogP) is 2.60. The zero-order valence-corrected chi connectivity index (χ0v) is 14.6. The summed E-state index contributed by atoms with van der Waals surface area (Å²) < 4.78 is 0. The van der Waals surface area contributed by atoms with Crippen LogP contribution in [0, 0.1) is 5.92 Å². The molecule has 1 aromatic rings. The van der Waals surface area contributed by atoms with Gasteiger partial charge in [-0.05, 0) is 44.1 Å². The van der Waals surface area contributed by atoms with E-state index in [1.165, 1.54) is 36.3 Å². The summed E-state index contributed by atoms with van der Waals surface area (Å²) in [6.07, 6.45) is 8.09. The van der Waals surface area contributed by atoms with Gasteiger partial charge in [0.1, 0.15) is 0 Å². The third kappa shape index (κ3) is 2.89. The van der Waals surface area contributed by atoms with E-state index < -0.39 is 0 Å². The van der Waals surface area contributed by atoms with Gasteiger partial charge >= 0.3 is 0 Å². The van der Waals surface area contributed by atoms with Gasteiger partial charge in [0.05, 0.1) is 17.1 Å². The van der Waals surface area contributed by atoms with Crippen molar-refractivity contribution in [3.63, 3.8) is 0 Å². The molecule has 0 aromatic carbocycles. The van der Waals surface area contributed by atoms with Crippen LogP contribution in [0.25, 0.3) is 0 Å². The summed E-state index contributed by atoms with van der Waals surface area (Å²) in [6, 6.07) is 1.89. The standard InChI is InChI=1S/C18H23N3O2S/c22-16-11-19-7-9-21(16)17-10-14(12-24-17)18(23)20-8-3-5-13-4-1-2-6-15(13)20/h6,10,12-13,19H,1-5,7-9,11H2. The van der Waals surface area contributed by atoms with Crippen LogP contribution in [0.5, 0.6) is 0 Å². The average Bonchev–Trinajstić information content (AvgIpc) is 3.11. The van der Waals surface area contributed by atoms with Crippen LogP contribution in [0.3, 0.4) is 0 Å².